The van der Waals surface area contributed by atoms with Crippen LogP contribution in [0.4, 0.5) is 11.4 Å². The molecule has 0 aliphatic carbocycles. The normalized spacial score (nSPS) is 19.4. The second-order valence-corrected chi connectivity index (χ2v) is 4.68. The van der Waals surface area contributed by atoms with E-state index >= 15 is 0 Å². The molecule has 3 heteroatoms. The summed E-state index contributed by atoms with van der Waals surface area (Å²) in [6.07, 6.45) is 0. The molecule has 1 aliphatic heterocycles. The fourth-order valence-electron chi connectivity index (χ4n) is 1.98. The molecule has 2 N–H and O–H groups in total. The van der Waals surface area contributed by atoms with Crippen LogP contribution in [0.5, 0.6) is 5.75 Å². The highest BCUT2D eigenvalue weighted by Crippen LogP contribution is 2.30. The molecule has 88 valence electrons. The average Bonchev–Trinajstić information content (AvgIpc) is 2.50. The Balaban J connectivity index is 2.17. The van der Waals surface area contributed by atoms with Crippen molar-refractivity contribution in [1.82, 2.24) is 0 Å². The van der Waals surface area contributed by atoms with Crippen molar-refractivity contribution in [2.24, 2.45) is 11.8 Å². The lowest BCUT2D eigenvalue weighted by molar-refractivity contribution is 0.415. The maximum Gasteiger partial charge on any atom is 0.121 e. The van der Waals surface area contributed by atoms with Crippen molar-refractivity contribution in [3.63, 3.8) is 0 Å². The Kier molecular flexibility index (Phi) is 3.22. The van der Waals surface area contributed by atoms with Crippen LogP contribution in [-0.2, 0) is 0 Å². The third-order valence-corrected chi connectivity index (χ3v) is 3.28. The van der Waals surface area contributed by atoms with Gasteiger partial charge in [-0.15, -0.1) is 0 Å². The lowest BCUT2D eigenvalue weighted by Gasteiger charge is -2.18. The molecule has 16 heavy (non-hydrogen) atoms. The van der Waals surface area contributed by atoms with Gasteiger partial charge in [0.25, 0.3) is 0 Å². The number of rotatable bonds is 2. The summed E-state index contributed by atoms with van der Waals surface area (Å²) >= 11 is 0. The van der Waals surface area contributed by atoms with E-state index in [-0.39, 0.29) is 0 Å². The van der Waals surface area contributed by atoms with Crippen molar-refractivity contribution in [1.29, 1.82) is 0 Å². The van der Waals surface area contributed by atoms with Crippen molar-refractivity contribution in [3.05, 3.63) is 18.2 Å². The SMILES string of the molecule is COc1ccc2c(c1)NCC(C(C)C)CN2. The van der Waals surface area contributed by atoms with Crippen LogP contribution < -0.4 is 15.4 Å². The van der Waals surface area contributed by atoms with Gasteiger partial charge in [-0.2, -0.15) is 0 Å². The number of benzene rings is 1. The molecule has 1 heterocycles. The van der Waals surface area contributed by atoms with Gasteiger partial charge in [0.1, 0.15) is 5.75 Å². The van der Waals surface area contributed by atoms with Crippen LogP contribution in [0.1, 0.15) is 13.8 Å². The standard InChI is InChI=1S/C13H20N2O/c1-9(2)10-7-14-12-5-4-11(16-3)6-13(12)15-8-10/h4-6,9-10,14-15H,7-8H2,1-3H3. The van der Waals surface area contributed by atoms with Gasteiger partial charge in [-0.3, -0.25) is 0 Å². The quantitative estimate of drug-likeness (QED) is 0.804. The van der Waals surface area contributed by atoms with Crippen LogP contribution in [0, 0.1) is 11.8 Å². The van der Waals surface area contributed by atoms with E-state index in [1.165, 1.54) is 5.69 Å². The first-order valence-electron chi connectivity index (χ1n) is 5.86. The zero-order valence-corrected chi connectivity index (χ0v) is 10.2. The summed E-state index contributed by atoms with van der Waals surface area (Å²) in [6.45, 7) is 6.59. The average molecular weight is 220 g/mol. The Labute approximate surface area is 97.2 Å². The molecule has 0 bridgehead atoms. The summed E-state index contributed by atoms with van der Waals surface area (Å²) in [5.41, 5.74) is 2.31. The van der Waals surface area contributed by atoms with E-state index in [1.54, 1.807) is 7.11 Å². The van der Waals surface area contributed by atoms with E-state index < -0.39 is 0 Å². The molecule has 1 unspecified atom stereocenters. The largest absolute Gasteiger partial charge is 0.497 e. The maximum atomic E-state index is 5.23. The molecule has 1 aromatic rings. The third kappa shape index (κ3) is 2.23. The van der Waals surface area contributed by atoms with Crippen LogP contribution in [0.25, 0.3) is 0 Å². The highest BCUT2D eigenvalue weighted by Gasteiger charge is 2.18. The fourth-order valence-corrected chi connectivity index (χ4v) is 1.98. The zero-order valence-electron chi connectivity index (χ0n) is 10.2. The topological polar surface area (TPSA) is 33.3 Å². The van der Waals surface area contributed by atoms with Gasteiger partial charge < -0.3 is 15.4 Å². The predicted molar refractivity (Wildman–Crippen MR) is 68.3 cm³/mol. The maximum absolute atomic E-state index is 5.23. The molecule has 1 aromatic carbocycles. The summed E-state index contributed by atoms with van der Waals surface area (Å²) in [4.78, 5) is 0. The molecule has 0 saturated carbocycles. The Morgan fingerprint density at radius 3 is 2.50 bits per heavy atom. The minimum absolute atomic E-state index is 0.665. The summed E-state index contributed by atoms with van der Waals surface area (Å²) in [6, 6.07) is 6.11. The highest BCUT2D eigenvalue weighted by atomic mass is 16.5. The van der Waals surface area contributed by atoms with Crippen LogP contribution in [0.15, 0.2) is 18.2 Å². The molecule has 1 atom stereocenters. The lowest BCUT2D eigenvalue weighted by Crippen LogP contribution is -2.23. The number of anilines is 2. The Hall–Kier alpha value is -1.38. The predicted octanol–water partition coefficient (Wildman–Crippen LogP) is 2.80. The van der Waals surface area contributed by atoms with Gasteiger partial charge in [0.2, 0.25) is 0 Å². The van der Waals surface area contributed by atoms with Crippen molar-refractivity contribution in [3.8, 4) is 5.75 Å². The number of methoxy groups -OCH3 is 1. The van der Waals surface area contributed by atoms with Crippen LogP contribution in [0.2, 0.25) is 0 Å². The summed E-state index contributed by atoms with van der Waals surface area (Å²) < 4.78 is 5.23. The lowest BCUT2D eigenvalue weighted by atomic mass is 9.96. The van der Waals surface area contributed by atoms with E-state index in [1.807, 2.05) is 12.1 Å². The molecule has 0 amide bonds. The number of hydrogen-bond acceptors (Lipinski definition) is 3. The Morgan fingerprint density at radius 2 is 1.88 bits per heavy atom. The summed E-state index contributed by atoms with van der Waals surface area (Å²) in [5.74, 6) is 2.26. The molecular weight excluding hydrogens is 200 g/mol. The first-order chi connectivity index (χ1) is 7.70. The van der Waals surface area contributed by atoms with E-state index in [0.29, 0.717) is 11.8 Å². The van der Waals surface area contributed by atoms with Gasteiger partial charge in [-0.05, 0) is 24.0 Å². The smallest absolute Gasteiger partial charge is 0.121 e. The molecule has 0 saturated heterocycles. The van der Waals surface area contributed by atoms with Crippen molar-refractivity contribution in [2.45, 2.75) is 13.8 Å². The summed E-state index contributed by atoms with van der Waals surface area (Å²) in [5, 5.41) is 6.98. The van der Waals surface area contributed by atoms with Crippen LogP contribution in [-0.4, -0.2) is 20.2 Å². The number of nitrogens with one attached hydrogen (secondary N) is 2. The first-order valence-corrected chi connectivity index (χ1v) is 5.86. The van der Waals surface area contributed by atoms with Gasteiger partial charge in [0.15, 0.2) is 0 Å². The number of fused-ring (bicyclic) bond motifs is 1. The third-order valence-electron chi connectivity index (χ3n) is 3.28. The van der Waals surface area contributed by atoms with E-state index in [0.717, 1.165) is 24.5 Å². The molecule has 0 fully saturated rings. The van der Waals surface area contributed by atoms with Gasteiger partial charge >= 0.3 is 0 Å². The van der Waals surface area contributed by atoms with Crippen molar-refractivity contribution >= 4 is 11.4 Å². The number of hydrogen-bond donors (Lipinski definition) is 2. The summed E-state index contributed by atoms with van der Waals surface area (Å²) in [7, 11) is 1.70. The molecule has 0 aromatic heterocycles. The molecule has 0 spiro atoms. The highest BCUT2D eigenvalue weighted by molar-refractivity contribution is 5.71. The van der Waals surface area contributed by atoms with Gasteiger partial charge in [0, 0.05) is 19.2 Å². The van der Waals surface area contributed by atoms with Gasteiger partial charge in [-0.1, -0.05) is 13.8 Å². The monoisotopic (exact) mass is 220 g/mol. The molecular formula is C13H20N2O. The van der Waals surface area contributed by atoms with Gasteiger partial charge in [-0.25, -0.2) is 0 Å². The molecule has 0 radical (unpaired) electrons. The van der Waals surface area contributed by atoms with E-state index in [2.05, 4.69) is 30.5 Å². The molecule has 1 aliphatic rings. The Morgan fingerprint density at radius 1 is 1.19 bits per heavy atom. The van der Waals surface area contributed by atoms with Crippen LogP contribution in [0.3, 0.4) is 0 Å². The van der Waals surface area contributed by atoms with Crippen LogP contribution >= 0.6 is 0 Å². The van der Waals surface area contributed by atoms with Crippen molar-refractivity contribution in [2.75, 3.05) is 30.8 Å². The second kappa shape index (κ2) is 4.64. The van der Waals surface area contributed by atoms with E-state index in [4.69, 9.17) is 4.74 Å². The minimum atomic E-state index is 0.665. The Bertz CT molecular complexity index is 363. The molecule has 3 nitrogen and oxygen atoms in total. The number of ether oxygens (including phenoxy) is 1. The first kappa shape index (κ1) is 11.1. The van der Waals surface area contributed by atoms with Gasteiger partial charge in [0.05, 0.1) is 18.5 Å². The second-order valence-electron chi connectivity index (χ2n) is 4.68. The zero-order chi connectivity index (χ0) is 11.5. The van der Waals surface area contributed by atoms with E-state index in [9.17, 15) is 0 Å². The fraction of sp³-hybridized carbons (Fsp3) is 0.538. The molecule has 2 rings (SSSR count). The minimum Gasteiger partial charge on any atom is -0.497 e. The van der Waals surface area contributed by atoms with Crippen molar-refractivity contribution < 1.29 is 4.74 Å².